The summed E-state index contributed by atoms with van der Waals surface area (Å²) in [5, 5.41) is 14.6. The summed E-state index contributed by atoms with van der Waals surface area (Å²) in [5.74, 6) is -1.02. The van der Waals surface area contributed by atoms with E-state index in [0.717, 1.165) is 35.1 Å². The number of nitrogens with one attached hydrogen (secondary N) is 2. The molecule has 174 valence electrons. The lowest BCUT2D eigenvalue weighted by atomic mass is 9.98. The molecule has 0 aliphatic heterocycles. The molecule has 0 bridgehead atoms. The van der Waals surface area contributed by atoms with Crippen molar-refractivity contribution in [2.45, 2.75) is 57.0 Å². The molecule has 3 atom stereocenters. The number of carboxylic acids is 1. The molecule has 2 aromatic rings. The number of benzene rings is 2. The highest BCUT2D eigenvalue weighted by Gasteiger charge is 2.31. The number of hydrogen-bond donors (Lipinski definition) is 3. The van der Waals surface area contributed by atoms with E-state index < -0.39 is 18.1 Å². The normalized spacial score (nSPS) is 19.9. The zero-order valence-electron chi connectivity index (χ0n) is 18.8. The van der Waals surface area contributed by atoms with Gasteiger partial charge in [0.05, 0.1) is 0 Å². The average molecular weight is 451 g/mol. The molecule has 0 spiro atoms. The van der Waals surface area contributed by atoms with Gasteiger partial charge in [-0.15, -0.1) is 0 Å². The summed E-state index contributed by atoms with van der Waals surface area (Å²) in [6.45, 7) is 2.02. The lowest BCUT2D eigenvalue weighted by Gasteiger charge is -2.21. The maximum absolute atomic E-state index is 12.7. The predicted octanol–water partition coefficient (Wildman–Crippen LogP) is 4.06. The van der Waals surface area contributed by atoms with Gasteiger partial charge in [0, 0.05) is 18.4 Å². The van der Waals surface area contributed by atoms with Gasteiger partial charge in [0.15, 0.2) is 0 Å². The van der Waals surface area contributed by atoms with Gasteiger partial charge in [-0.1, -0.05) is 55.5 Å². The molecule has 0 heterocycles. The van der Waals surface area contributed by atoms with Crippen LogP contribution in [0.5, 0.6) is 0 Å². The van der Waals surface area contributed by atoms with E-state index in [4.69, 9.17) is 9.84 Å². The highest BCUT2D eigenvalue weighted by Crippen LogP contribution is 2.44. The van der Waals surface area contributed by atoms with Crippen LogP contribution in [0, 0.1) is 5.92 Å². The first-order valence-electron chi connectivity index (χ1n) is 11.6. The van der Waals surface area contributed by atoms with Crippen molar-refractivity contribution < 1.29 is 24.2 Å². The first kappa shape index (κ1) is 22.8. The van der Waals surface area contributed by atoms with E-state index in [2.05, 4.69) is 34.9 Å². The van der Waals surface area contributed by atoms with Crippen molar-refractivity contribution in [2.75, 3.05) is 6.61 Å². The van der Waals surface area contributed by atoms with Crippen molar-refractivity contribution >= 4 is 18.0 Å². The molecule has 1 fully saturated rings. The molecule has 3 N–H and O–H groups in total. The molecule has 0 saturated heterocycles. The van der Waals surface area contributed by atoms with Crippen molar-refractivity contribution in [3.8, 4) is 11.1 Å². The molecule has 2 aliphatic rings. The van der Waals surface area contributed by atoms with Gasteiger partial charge in [-0.25, -0.2) is 4.79 Å². The second-order valence-corrected chi connectivity index (χ2v) is 8.91. The summed E-state index contributed by atoms with van der Waals surface area (Å²) in [6.07, 6.45) is 2.13. The third-order valence-corrected chi connectivity index (χ3v) is 6.71. The Labute approximate surface area is 193 Å². The van der Waals surface area contributed by atoms with Gasteiger partial charge >= 0.3 is 12.1 Å². The Morgan fingerprint density at radius 3 is 2.27 bits per heavy atom. The van der Waals surface area contributed by atoms with Crippen LogP contribution >= 0.6 is 0 Å². The Bertz CT molecular complexity index is 991. The van der Waals surface area contributed by atoms with E-state index in [-0.39, 0.29) is 36.8 Å². The summed E-state index contributed by atoms with van der Waals surface area (Å²) in [5.41, 5.74) is 4.58. The zero-order valence-corrected chi connectivity index (χ0v) is 18.8. The minimum absolute atomic E-state index is 0.0401. The number of rotatable bonds is 8. The van der Waals surface area contributed by atoms with Crippen LogP contribution in [0.2, 0.25) is 0 Å². The third-order valence-electron chi connectivity index (χ3n) is 6.71. The first-order chi connectivity index (χ1) is 16.0. The molecule has 0 radical (unpaired) electrons. The van der Waals surface area contributed by atoms with E-state index in [9.17, 15) is 14.4 Å². The minimum Gasteiger partial charge on any atom is -0.481 e. The summed E-state index contributed by atoms with van der Waals surface area (Å²) < 4.78 is 5.56. The Morgan fingerprint density at radius 2 is 1.67 bits per heavy atom. The number of carbonyl (C=O) groups is 3. The number of ether oxygens (including phenoxy) is 1. The monoisotopic (exact) mass is 450 g/mol. The van der Waals surface area contributed by atoms with Crippen molar-refractivity contribution in [3.63, 3.8) is 0 Å². The molecule has 2 aliphatic carbocycles. The Kier molecular flexibility index (Phi) is 6.96. The van der Waals surface area contributed by atoms with E-state index in [1.807, 2.05) is 31.2 Å². The second-order valence-electron chi connectivity index (χ2n) is 8.91. The van der Waals surface area contributed by atoms with Gasteiger partial charge in [0.2, 0.25) is 5.91 Å². The molecule has 1 saturated carbocycles. The summed E-state index contributed by atoms with van der Waals surface area (Å²) in [6, 6.07) is 15.5. The predicted molar refractivity (Wildman–Crippen MR) is 124 cm³/mol. The van der Waals surface area contributed by atoms with Crippen molar-refractivity contribution in [3.05, 3.63) is 59.7 Å². The van der Waals surface area contributed by atoms with Gasteiger partial charge in [0.1, 0.15) is 12.6 Å². The van der Waals surface area contributed by atoms with Crippen molar-refractivity contribution in [1.29, 1.82) is 0 Å². The van der Waals surface area contributed by atoms with Crippen LogP contribution in [0.4, 0.5) is 4.79 Å². The number of hydrogen-bond acceptors (Lipinski definition) is 4. The smallest absolute Gasteiger partial charge is 0.407 e. The molecule has 7 nitrogen and oxygen atoms in total. The van der Waals surface area contributed by atoms with Crippen LogP contribution in [-0.2, 0) is 14.3 Å². The lowest BCUT2D eigenvalue weighted by Crippen LogP contribution is -2.49. The zero-order chi connectivity index (χ0) is 23.4. The SMILES string of the molecule is CCC(NC(=O)OCC1c2ccccc2-c2ccccc21)C(=O)NC1CCC(CC(=O)O)C1. The van der Waals surface area contributed by atoms with Gasteiger partial charge in [-0.3, -0.25) is 9.59 Å². The maximum Gasteiger partial charge on any atom is 0.407 e. The van der Waals surface area contributed by atoms with Crippen LogP contribution in [0.1, 0.15) is 56.1 Å². The van der Waals surface area contributed by atoms with E-state index in [1.54, 1.807) is 0 Å². The minimum atomic E-state index is -0.810. The quantitative estimate of drug-likeness (QED) is 0.563. The van der Waals surface area contributed by atoms with Gasteiger partial charge in [0.25, 0.3) is 0 Å². The number of amides is 2. The van der Waals surface area contributed by atoms with Crippen LogP contribution in [0.15, 0.2) is 48.5 Å². The highest BCUT2D eigenvalue weighted by molar-refractivity contribution is 5.86. The standard InChI is InChI=1S/C26H30N2O5/c1-2-23(25(31)27-17-12-11-16(13-17)14-24(29)30)28-26(32)33-15-22-20-9-5-3-7-18(20)19-8-4-6-10-21(19)22/h3-10,16-17,22-23H,2,11-15H2,1H3,(H,27,31)(H,28,32)(H,29,30). The molecule has 3 unspecified atom stereocenters. The maximum atomic E-state index is 12.7. The summed E-state index contributed by atoms with van der Waals surface area (Å²) in [7, 11) is 0. The van der Waals surface area contributed by atoms with E-state index in [1.165, 1.54) is 0 Å². The molecule has 2 aromatic carbocycles. The molecule has 7 heteroatoms. The number of fused-ring (bicyclic) bond motifs is 3. The molecule has 4 rings (SSSR count). The third kappa shape index (κ3) is 5.18. The fourth-order valence-electron chi connectivity index (χ4n) is 5.08. The highest BCUT2D eigenvalue weighted by atomic mass is 16.5. The van der Waals surface area contributed by atoms with E-state index >= 15 is 0 Å². The molecule has 33 heavy (non-hydrogen) atoms. The fraction of sp³-hybridized carbons (Fsp3) is 0.423. The van der Waals surface area contributed by atoms with Crippen LogP contribution in [0.25, 0.3) is 11.1 Å². The van der Waals surface area contributed by atoms with E-state index in [0.29, 0.717) is 12.8 Å². The lowest BCUT2D eigenvalue weighted by molar-refractivity contribution is -0.138. The topological polar surface area (TPSA) is 105 Å². The Balaban J connectivity index is 1.31. The molecular formula is C26H30N2O5. The van der Waals surface area contributed by atoms with Crippen molar-refractivity contribution in [2.24, 2.45) is 5.92 Å². The van der Waals surface area contributed by atoms with Crippen LogP contribution in [-0.4, -0.2) is 41.8 Å². The summed E-state index contributed by atoms with van der Waals surface area (Å²) in [4.78, 5) is 36.1. The molecule has 0 aromatic heterocycles. The Hall–Kier alpha value is -3.35. The molecular weight excluding hydrogens is 420 g/mol. The van der Waals surface area contributed by atoms with Gasteiger partial charge < -0.3 is 20.5 Å². The first-order valence-corrected chi connectivity index (χ1v) is 11.6. The van der Waals surface area contributed by atoms with Crippen LogP contribution < -0.4 is 10.6 Å². The number of carboxylic acid groups (broad SMARTS) is 1. The van der Waals surface area contributed by atoms with Gasteiger partial charge in [-0.05, 0) is 53.9 Å². The summed E-state index contributed by atoms with van der Waals surface area (Å²) >= 11 is 0. The fourth-order valence-corrected chi connectivity index (χ4v) is 5.08. The second kappa shape index (κ2) is 10.1. The van der Waals surface area contributed by atoms with Crippen LogP contribution in [0.3, 0.4) is 0 Å². The number of aliphatic carboxylic acids is 1. The Morgan fingerprint density at radius 1 is 1.03 bits per heavy atom. The number of carbonyl (C=O) groups excluding carboxylic acids is 2. The number of alkyl carbamates (subject to hydrolysis) is 1. The largest absolute Gasteiger partial charge is 0.481 e. The average Bonchev–Trinajstić information content (AvgIpc) is 3.37. The van der Waals surface area contributed by atoms with Crippen molar-refractivity contribution in [1.82, 2.24) is 10.6 Å². The van der Waals surface area contributed by atoms with Gasteiger partial charge in [-0.2, -0.15) is 0 Å². The molecule has 2 amide bonds.